The molecule has 0 radical (unpaired) electrons. The highest BCUT2D eigenvalue weighted by Gasteiger charge is 2.48. The second-order valence-corrected chi connectivity index (χ2v) is 8.56. The first-order valence-electron chi connectivity index (χ1n) is 10.3. The van der Waals surface area contributed by atoms with E-state index in [0.29, 0.717) is 17.0 Å². The Hall–Kier alpha value is -3.48. The van der Waals surface area contributed by atoms with Crippen LogP contribution in [0.25, 0.3) is 5.76 Å². The quantitative estimate of drug-likeness (QED) is 0.268. The summed E-state index contributed by atoms with van der Waals surface area (Å²) in [7, 11) is 2.88. The van der Waals surface area contributed by atoms with Gasteiger partial charge in [-0.2, -0.15) is 0 Å². The standard InChI is InChI=1S/C26H21Cl2NO5/c1-14-8-10-16(11-9-14)29-22(17-6-4-5-7-20(17)33-2)21(24(31)26(29)32)23(30)18-12-15(27)13-19(28)25(18)34-3/h4-13,22,30H,1-3H3/b23-21+. The molecule has 8 heteroatoms. The van der Waals surface area contributed by atoms with Gasteiger partial charge in [-0.15, -0.1) is 0 Å². The molecule has 6 nitrogen and oxygen atoms in total. The van der Waals surface area contributed by atoms with E-state index in [2.05, 4.69) is 0 Å². The molecule has 1 heterocycles. The summed E-state index contributed by atoms with van der Waals surface area (Å²) in [4.78, 5) is 28.0. The minimum atomic E-state index is -0.971. The van der Waals surface area contributed by atoms with E-state index in [9.17, 15) is 14.7 Å². The average molecular weight is 498 g/mol. The minimum Gasteiger partial charge on any atom is -0.507 e. The number of carbonyl (C=O) groups is 2. The number of carbonyl (C=O) groups excluding carboxylic acids is 2. The molecule has 1 fully saturated rings. The molecule has 0 aromatic heterocycles. The van der Waals surface area contributed by atoms with Gasteiger partial charge < -0.3 is 14.6 Å². The van der Waals surface area contributed by atoms with Crippen LogP contribution >= 0.6 is 23.2 Å². The second kappa shape index (κ2) is 9.41. The molecule has 1 amide bonds. The summed E-state index contributed by atoms with van der Waals surface area (Å²) in [6.07, 6.45) is 0. The molecule has 174 valence electrons. The summed E-state index contributed by atoms with van der Waals surface area (Å²) in [6.45, 7) is 1.92. The van der Waals surface area contributed by atoms with Gasteiger partial charge in [0.1, 0.15) is 17.3 Å². The van der Waals surface area contributed by atoms with Crippen LogP contribution in [0, 0.1) is 6.92 Å². The Bertz CT molecular complexity index is 1320. The first-order valence-corrected chi connectivity index (χ1v) is 11.1. The number of para-hydroxylation sites is 1. The first kappa shape index (κ1) is 23.7. The van der Waals surface area contributed by atoms with Crippen molar-refractivity contribution in [3.8, 4) is 11.5 Å². The molecule has 0 bridgehead atoms. The fourth-order valence-corrected chi connectivity index (χ4v) is 4.65. The molecular formula is C26H21Cl2NO5. The molecule has 0 saturated carbocycles. The average Bonchev–Trinajstić information content (AvgIpc) is 3.09. The summed E-state index contributed by atoms with van der Waals surface area (Å²) >= 11 is 12.4. The number of nitrogens with zero attached hydrogens (tertiary/aromatic N) is 1. The van der Waals surface area contributed by atoms with Gasteiger partial charge in [0, 0.05) is 16.3 Å². The summed E-state index contributed by atoms with van der Waals surface area (Å²) in [5.74, 6) is -1.51. The lowest BCUT2D eigenvalue weighted by atomic mass is 9.94. The molecule has 1 atom stereocenters. The maximum atomic E-state index is 13.4. The SMILES string of the molecule is COc1ccccc1C1/C(=C(\O)c2cc(Cl)cc(Cl)c2OC)C(=O)C(=O)N1c1ccc(C)cc1. The van der Waals surface area contributed by atoms with Crippen LogP contribution < -0.4 is 14.4 Å². The normalized spacial score (nSPS) is 17.2. The molecule has 1 aliphatic rings. The second-order valence-electron chi connectivity index (χ2n) is 7.72. The van der Waals surface area contributed by atoms with Gasteiger partial charge in [-0.3, -0.25) is 14.5 Å². The number of halogens is 2. The van der Waals surface area contributed by atoms with Gasteiger partial charge >= 0.3 is 0 Å². The number of Topliss-reactive ketones (excluding diaryl/α,β-unsaturated/α-hetero) is 1. The molecule has 1 aliphatic heterocycles. The van der Waals surface area contributed by atoms with Gasteiger partial charge in [0.2, 0.25) is 0 Å². The van der Waals surface area contributed by atoms with Crippen molar-refractivity contribution < 1.29 is 24.2 Å². The van der Waals surface area contributed by atoms with Crippen molar-refractivity contribution in [2.75, 3.05) is 19.1 Å². The van der Waals surface area contributed by atoms with Crippen LogP contribution in [0.15, 0.2) is 66.2 Å². The fourth-order valence-electron chi connectivity index (χ4n) is 4.08. The summed E-state index contributed by atoms with van der Waals surface area (Å²) in [6, 6.07) is 16.1. The van der Waals surface area contributed by atoms with Crippen LogP contribution in [0.5, 0.6) is 11.5 Å². The Morgan fingerprint density at radius 3 is 2.29 bits per heavy atom. The van der Waals surface area contributed by atoms with E-state index < -0.39 is 23.5 Å². The van der Waals surface area contributed by atoms with E-state index in [1.165, 1.54) is 31.3 Å². The molecule has 3 aromatic carbocycles. The predicted octanol–water partition coefficient (Wildman–Crippen LogP) is 5.95. The third kappa shape index (κ3) is 4.00. The predicted molar refractivity (Wildman–Crippen MR) is 132 cm³/mol. The van der Waals surface area contributed by atoms with Crippen molar-refractivity contribution in [2.45, 2.75) is 13.0 Å². The smallest absolute Gasteiger partial charge is 0.300 e. The maximum absolute atomic E-state index is 13.4. The van der Waals surface area contributed by atoms with Crippen LogP contribution in [-0.2, 0) is 9.59 Å². The third-order valence-electron chi connectivity index (χ3n) is 5.66. The highest BCUT2D eigenvalue weighted by atomic mass is 35.5. The van der Waals surface area contributed by atoms with Crippen molar-refractivity contribution in [3.63, 3.8) is 0 Å². The van der Waals surface area contributed by atoms with E-state index in [1.54, 1.807) is 36.4 Å². The largest absolute Gasteiger partial charge is 0.507 e. The van der Waals surface area contributed by atoms with E-state index in [-0.39, 0.29) is 26.9 Å². The Morgan fingerprint density at radius 2 is 1.65 bits per heavy atom. The summed E-state index contributed by atoms with van der Waals surface area (Å²) in [5.41, 5.74) is 1.98. The molecule has 0 spiro atoms. The van der Waals surface area contributed by atoms with Crippen molar-refractivity contribution >= 4 is 46.3 Å². The number of aliphatic hydroxyl groups is 1. The van der Waals surface area contributed by atoms with E-state index in [1.807, 2.05) is 19.1 Å². The Labute approximate surface area is 206 Å². The zero-order chi connectivity index (χ0) is 24.6. The molecule has 1 N–H and O–H groups in total. The Balaban J connectivity index is 2.04. The Morgan fingerprint density at radius 1 is 0.971 bits per heavy atom. The zero-order valence-corrected chi connectivity index (χ0v) is 20.1. The lowest BCUT2D eigenvalue weighted by Crippen LogP contribution is -2.29. The molecule has 0 aliphatic carbocycles. The molecule has 1 saturated heterocycles. The lowest BCUT2D eigenvalue weighted by molar-refractivity contribution is -0.132. The number of methoxy groups -OCH3 is 2. The maximum Gasteiger partial charge on any atom is 0.300 e. The summed E-state index contributed by atoms with van der Waals surface area (Å²) in [5, 5.41) is 11.8. The van der Waals surface area contributed by atoms with Gasteiger partial charge in [-0.1, -0.05) is 59.1 Å². The van der Waals surface area contributed by atoms with E-state index >= 15 is 0 Å². The van der Waals surface area contributed by atoms with Gasteiger partial charge in [0.05, 0.1) is 36.4 Å². The molecule has 4 rings (SSSR count). The summed E-state index contributed by atoms with van der Waals surface area (Å²) < 4.78 is 10.9. The Kier molecular flexibility index (Phi) is 6.55. The topological polar surface area (TPSA) is 76.1 Å². The molecule has 3 aromatic rings. The number of rotatable bonds is 5. The van der Waals surface area contributed by atoms with Gasteiger partial charge in [0.25, 0.3) is 11.7 Å². The number of anilines is 1. The number of ether oxygens (including phenoxy) is 2. The number of amides is 1. The monoisotopic (exact) mass is 497 g/mol. The van der Waals surface area contributed by atoms with Crippen molar-refractivity contribution in [1.82, 2.24) is 0 Å². The van der Waals surface area contributed by atoms with Crippen LogP contribution in [0.2, 0.25) is 10.0 Å². The fraction of sp³-hybridized carbons (Fsp3) is 0.154. The molecular weight excluding hydrogens is 477 g/mol. The number of benzene rings is 3. The highest BCUT2D eigenvalue weighted by Crippen LogP contribution is 2.46. The number of hydrogen-bond acceptors (Lipinski definition) is 5. The third-order valence-corrected chi connectivity index (χ3v) is 6.16. The van der Waals surface area contributed by atoms with Crippen LogP contribution in [-0.4, -0.2) is 31.0 Å². The highest BCUT2D eigenvalue weighted by molar-refractivity contribution is 6.52. The van der Waals surface area contributed by atoms with Crippen molar-refractivity contribution in [1.29, 1.82) is 0 Å². The number of hydrogen-bond donors (Lipinski definition) is 1. The van der Waals surface area contributed by atoms with E-state index in [0.717, 1.165) is 5.56 Å². The zero-order valence-electron chi connectivity index (χ0n) is 18.6. The van der Waals surface area contributed by atoms with Crippen molar-refractivity contribution in [2.24, 2.45) is 0 Å². The number of aryl methyl sites for hydroxylation is 1. The van der Waals surface area contributed by atoms with Gasteiger partial charge in [0.15, 0.2) is 0 Å². The van der Waals surface area contributed by atoms with Crippen LogP contribution in [0.4, 0.5) is 5.69 Å². The van der Waals surface area contributed by atoms with Gasteiger partial charge in [-0.05, 0) is 37.3 Å². The minimum absolute atomic E-state index is 0.0989. The van der Waals surface area contributed by atoms with Gasteiger partial charge in [-0.25, -0.2) is 0 Å². The van der Waals surface area contributed by atoms with Crippen LogP contribution in [0.3, 0.4) is 0 Å². The molecule has 34 heavy (non-hydrogen) atoms. The molecule has 1 unspecified atom stereocenters. The first-order chi connectivity index (χ1) is 16.3. The lowest BCUT2D eigenvalue weighted by Gasteiger charge is -2.27. The van der Waals surface area contributed by atoms with E-state index in [4.69, 9.17) is 32.7 Å². The number of ketones is 1. The van der Waals surface area contributed by atoms with Crippen molar-refractivity contribution in [3.05, 3.63) is 93.0 Å². The van der Waals surface area contributed by atoms with Crippen LogP contribution in [0.1, 0.15) is 22.7 Å². The number of aliphatic hydroxyl groups excluding tert-OH is 1.